The lowest BCUT2D eigenvalue weighted by Crippen LogP contribution is -2.48. The van der Waals surface area contributed by atoms with E-state index in [9.17, 15) is 9.59 Å². The number of nitrogens with one attached hydrogen (secondary N) is 2. The molecule has 1 atom stereocenters. The highest BCUT2D eigenvalue weighted by molar-refractivity contribution is 5.89. The lowest BCUT2D eigenvalue weighted by atomic mass is 9.95. The Morgan fingerprint density at radius 2 is 1.91 bits per heavy atom. The quantitative estimate of drug-likeness (QED) is 0.662. The van der Waals surface area contributed by atoms with Gasteiger partial charge in [0.05, 0.1) is 0 Å². The first-order chi connectivity index (χ1) is 10.8. The van der Waals surface area contributed by atoms with Crippen molar-refractivity contribution in [3.8, 4) is 0 Å². The Labute approximate surface area is 139 Å². The molecule has 1 rings (SSSR count). The molecule has 134 valence electrons. The SMILES string of the molecule is C[C@@H](NC(=O)C(C)(C)C)C(=O)NCCCOCC1CCOCC1. The van der Waals surface area contributed by atoms with Crippen molar-refractivity contribution in [1.29, 1.82) is 0 Å². The maximum Gasteiger partial charge on any atom is 0.242 e. The van der Waals surface area contributed by atoms with Crippen molar-refractivity contribution in [2.24, 2.45) is 11.3 Å². The van der Waals surface area contributed by atoms with E-state index in [1.54, 1.807) is 6.92 Å². The van der Waals surface area contributed by atoms with Gasteiger partial charge in [-0.2, -0.15) is 0 Å². The highest BCUT2D eigenvalue weighted by atomic mass is 16.5. The predicted molar refractivity (Wildman–Crippen MR) is 89.0 cm³/mol. The van der Waals surface area contributed by atoms with Crippen LogP contribution in [0.3, 0.4) is 0 Å². The molecular formula is C17H32N2O4. The molecular weight excluding hydrogens is 296 g/mol. The third-order valence-electron chi connectivity index (χ3n) is 3.88. The molecule has 0 radical (unpaired) electrons. The topological polar surface area (TPSA) is 76.7 Å². The fourth-order valence-electron chi connectivity index (χ4n) is 2.18. The van der Waals surface area contributed by atoms with Crippen molar-refractivity contribution in [3.05, 3.63) is 0 Å². The Hall–Kier alpha value is -1.14. The second-order valence-electron chi connectivity index (χ2n) is 7.22. The van der Waals surface area contributed by atoms with E-state index in [0.717, 1.165) is 39.1 Å². The van der Waals surface area contributed by atoms with Crippen molar-refractivity contribution in [3.63, 3.8) is 0 Å². The van der Waals surface area contributed by atoms with Crippen LogP contribution in [-0.4, -0.2) is 50.8 Å². The summed E-state index contributed by atoms with van der Waals surface area (Å²) in [4.78, 5) is 23.7. The van der Waals surface area contributed by atoms with Crippen LogP contribution < -0.4 is 10.6 Å². The molecule has 0 aromatic heterocycles. The molecule has 1 heterocycles. The molecule has 0 aromatic rings. The van der Waals surface area contributed by atoms with E-state index in [0.29, 0.717) is 19.1 Å². The number of carbonyl (C=O) groups excluding carboxylic acids is 2. The maximum atomic E-state index is 11.9. The molecule has 1 fully saturated rings. The lowest BCUT2D eigenvalue weighted by molar-refractivity contribution is -0.133. The molecule has 2 amide bonds. The Bertz CT molecular complexity index is 373. The van der Waals surface area contributed by atoms with Crippen molar-refractivity contribution >= 4 is 11.8 Å². The average Bonchev–Trinajstić information content (AvgIpc) is 2.50. The van der Waals surface area contributed by atoms with Gasteiger partial charge in [-0.3, -0.25) is 9.59 Å². The summed E-state index contributed by atoms with van der Waals surface area (Å²) in [7, 11) is 0. The molecule has 6 heteroatoms. The van der Waals surface area contributed by atoms with Gasteiger partial charge in [-0.15, -0.1) is 0 Å². The molecule has 0 aromatic carbocycles. The van der Waals surface area contributed by atoms with E-state index >= 15 is 0 Å². The first kappa shape index (κ1) is 19.9. The number of hydrogen-bond donors (Lipinski definition) is 2. The second-order valence-corrected chi connectivity index (χ2v) is 7.22. The maximum absolute atomic E-state index is 11.9. The Kier molecular flexibility index (Phi) is 8.55. The Morgan fingerprint density at radius 1 is 1.26 bits per heavy atom. The van der Waals surface area contributed by atoms with Crippen LogP contribution >= 0.6 is 0 Å². The van der Waals surface area contributed by atoms with Crippen LogP contribution in [0.15, 0.2) is 0 Å². The van der Waals surface area contributed by atoms with E-state index < -0.39 is 11.5 Å². The fraction of sp³-hybridized carbons (Fsp3) is 0.882. The van der Waals surface area contributed by atoms with Crippen LogP contribution in [-0.2, 0) is 19.1 Å². The summed E-state index contributed by atoms with van der Waals surface area (Å²) in [6.45, 7) is 10.8. The zero-order valence-corrected chi connectivity index (χ0v) is 14.9. The van der Waals surface area contributed by atoms with Gasteiger partial charge >= 0.3 is 0 Å². The molecule has 0 aliphatic carbocycles. The van der Waals surface area contributed by atoms with Crippen LogP contribution in [0.5, 0.6) is 0 Å². The van der Waals surface area contributed by atoms with Gasteiger partial charge in [0, 0.05) is 38.4 Å². The van der Waals surface area contributed by atoms with Gasteiger partial charge < -0.3 is 20.1 Å². The minimum absolute atomic E-state index is 0.125. The van der Waals surface area contributed by atoms with Crippen molar-refractivity contribution in [2.75, 3.05) is 33.0 Å². The summed E-state index contributed by atoms with van der Waals surface area (Å²) in [5, 5.41) is 5.54. The van der Waals surface area contributed by atoms with Gasteiger partial charge in [-0.05, 0) is 32.1 Å². The van der Waals surface area contributed by atoms with Gasteiger partial charge in [-0.25, -0.2) is 0 Å². The lowest BCUT2D eigenvalue weighted by Gasteiger charge is -2.22. The molecule has 1 aliphatic heterocycles. The van der Waals surface area contributed by atoms with Gasteiger partial charge in [0.2, 0.25) is 11.8 Å². The van der Waals surface area contributed by atoms with Gasteiger partial charge in [0.15, 0.2) is 0 Å². The first-order valence-electron chi connectivity index (χ1n) is 8.55. The van der Waals surface area contributed by atoms with Crippen LogP contribution in [0.4, 0.5) is 0 Å². The average molecular weight is 328 g/mol. The molecule has 0 spiro atoms. The number of ether oxygens (including phenoxy) is 2. The molecule has 1 saturated heterocycles. The molecule has 0 bridgehead atoms. The second kappa shape index (κ2) is 9.88. The number of hydrogen-bond acceptors (Lipinski definition) is 4. The molecule has 0 unspecified atom stereocenters. The predicted octanol–water partition coefficient (Wildman–Crippen LogP) is 1.49. The van der Waals surface area contributed by atoms with Crippen LogP contribution in [0.1, 0.15) is 47.0 Å². The van der Waals surface area contributed by atoms with Gasteiger partial charge in [-0.1, -0.05) is 20.8 Å². The monoisotopic (exact) mass is 328 g/mol. The number of rotatable bonds is 8. The third kappa shape index (κ3) is 8.32. The van der Waals surface area contributed by atoms with E-state index in [-0.39, 0.29) is 11.8 Å². The molecule has 2 N–H and O–H groups in total. The van der Waals surface area contributed by atoms with E-state index in [4.69, 9.17) is 9.47 Å². The zero-order chi connectivity index (χ0) is 17.3. The van der Waals surface area contributed by atoms with Crippen LogP contribution in [0, 0.1) is 11.3 Å². The Balaban J connectivity index is 2.05. The zero-order valence-electron chi connectivity index (χ0n) is 14.9. The van der Waals surface area contributed by atoms with Crippen LogP contribution in [0.2, 0.25) is 0 Å². The van der Waals surface area contributed by atoms with Crippen molar-refractivity contribution in [1.82, 2.24) is 10.6 Å². The summed E-state index contributed by atoms with van der Waals surface area (Å²) in [5.74, 6) is 0.318. The Morgan fingerprint density at radius 3 is 2.52 bits per heavy atom. The van der Waals surface area contributed by atoms with Crippen LogP contribution in [0.25, 0.3) is 0 Å². The highest BCUT2D eigenvalue weighted by Gasteiger charge is 2.24. The molecule has 23 heavy (non-hydrogen) atoms. The van der Waals surface area contributed by atoms with Crippen molar-refractivity contribution in [2.45, 2.75) is 53.0 Å². The first-order valence-corrected chi connectivity index (χ1v) is 8.55. The van der Waals surface area contributed by atoms with E-state index in [1.807, 2.05) is 20.8 Å². The highest BCUT2D eigenvalue weighted by Crippen LogP contribution is 2.14. The van der Waals surface area contributed by atoms with Gasteiger partial charge in [0.1, 0.15) is 6.04 Å². The minimum Gasteiger partial charge on any atom is -0.381 e. The van der Waals surface area contributed by atoms with E-state index in [2.05, 4.69) is 10.6 Å². The molecule has 6 nitrogen and oxygen atoms in total. The number of amides is 2. The number of carbonyl (C=O) groups is 2. The smallest absolute Gasteiger partial charge is 0.242 e. The normalized spacial score (nSPS) is 17.6. The largest absolute Gasteiger partial charge is 0.381 e. The summed E-state index contributed by atoms with van der Waals surface area (Å²) < 4.78 is 11.0. The van der Waals surface area contributed by atoms with Crippen molar-refractivity contribution < 1.29 is 19.1 Å². The van der Waals surface area contributed by atoms with E-state index in [1.165, 1.54) is 0 Å². The van der Waals surface area contributed by atoms with Gasteiger partial charge in [0.25, 0.3) is 0 Å². The third-order valence-corrected chi connectivity index (χ3v) is 3.88. The summed E-state index contributed by atoms with van der Waals surface area (Å²) in [6, 6.07) is -0.523. The summed E-state index contributed by atoms with van der Waals surface area (Å²) >= 11 is 0. The minimum atomic E-state index is -0.523. The molecule has 1 aliphatic rings. The summed E-state index contributed by atoms with van der Waals surface area (Å²) in [5.41, 5.74) is -0.494. The standard InChI is InChI=1S/C17H32N2O4/c1-13(19-16(21)17(2,3)4)15(20)18-8-5-9-23-12-14-6-10-22-11-7-14/h13-14H,5-12H2,1-4H3,(H,18,20)(H,19,21)/t13-/m1/s1. The molecule has 0 saturated carbocycles. The fourth-order valence-corrected chi connectivity index (χ4v) is 2.18. The summed E-state index contributed by atoms with van der Waals surface area (Å²) in [6.07, 6.45) is 2.92.